The largest absolute Gasteiger partial charge is 3.00 e. The van der Waals surface area contributed by atoms with Gasteiger partial charge in [0, 0.05) is 22.5 Å². The number of para-hydroxylation sites is 2. The molecule has 0 spiro atoms. The molecule has 8 rings (SSSR count). The molecule has 0 bridgehead atoms. The molecule has 0 fully saturated rings. The molecule has 5 heteroatoms. The Bertz CT molecular complexity index is 1970. The van der Waals surface area contributed by atoms with Crippen LogP contribution in [0.1, 0.15) is 19.4 Å². The fourth-order valence-corrected chi connectivity index (χ4v) is 5.50. The molecule has 1 aliphatic heterocycles. The first kappa shape index (κ1) is 27.0. The van der Waals surface area contributed by atoms with Gasteiger partial charge in [0.05, 0.1) is 5.52 Å². The van der Waals surface area contributed by atoms with Crippen molar-refractivity contribution in [3.05, 3.63) is 134 Å². The van der Waals surface area contributed by atoms with E-state index in [1.165, 1.54) is 43.7 Å². The quantitative estimate of drug-likeness (QED) is 0.172. The topological polar surface area (TPSA) is 23.8 Å². The van der Waals surface area contributed by atoms with Gasteiger partial charge in [0.25, 0.3) is 0 Å². The van der Waals surface area contributed by atoms with Crippen molar-refractivity contribution in [1.29, 1.82) is 0 Å². The van der Waals surface area contributed by atoms with Crippen molar-refractivity contribution in [2.45, 2.75) is 26.8 Å². The fraction of sp³-hybridized carbons (Fsp3) is 0.111. The van der Waals surface area contributed by atoms with E-state index in [9.17, 15) is 0 Å². The van der Waals surface area contributed by atoms with E-state index in [0.29, 0.717) is 6.04 Å². The van der Waals surface area contributed by atoms with Gasteiger partial charge in [-0.05, 0) is 61.9 Å². The predicted octanol–water partition coefficient (Wildman–Crippen LogP) is 8.61. The zero-order valence-electron chi connectivity index (χ0n) is 23.2. The Kier molecular flexibility index (Phi) is 7.25. The molecule has 0 radical (unpaired) electrons. The number of pyridine rings is 1. The normalized spacial score (nSPS) is 13.0. The van der Waals surface area contributed by atoms with Crippen LogP contribution in [-0.2, 0) is 20.1 Å². The number of aryl methyl sites for hydroxylation is 1. The molecule has 41 heavy (non-hydrogen) atoms. The predicted molar refractivity (Wildman–Crippen MR) is 166 cm³/mol. The summed E-state index contributed by atoms with van der Waals surface area (Å²) in [5.41, 5.74) is 8.07. The average Bonchev–Trinajstić information content (AvgIpc) is 3.70. The van der Waals surface area contributed by atoms with Gasteiger partial charge in [-0.15, -0.1) is 53.0 Å². The fourth-order valence-electron chi connectivity index (χ4n) is 5.50. The van der Waals surface area contributed by atoms with Crippen LogP contribution < -0.4 is 4.90 Å². The molecule has 0 unspecified atom stereocenters. The van der Waals surface area contributed by atoms with Crippen LogP contribution in [0.5, 0.6) is 0 Å². The van der Waals surface area contributed by atoms with Gasteiger partial charge in [-0.2, -0.15) is 18.8 Å². The summed E-state index contributed by atoms with van der Waals surface area (Å²) >= 11 is 0. The third-order valence-electron chi connectivity index (χ3n) is 7.57. The summed E-state index contributed by atoms with van der Waals surface area (Å²) in [6, 6.07) is 38.7. The van der Waals surface area contributed by atoms with E-state index in [1.807, 2.05) is 43.5 Å². The summed E-state index contributed by atoms with van der Waals surface area (Å²) in [4.78, 5) is 8.67. The van der Waals surface area contributed by atoms with E-state index in [0.717, 1.165) is 16.9 Å². The number of anilines is 1. The Hall–Kier alpha value is -4.18. The third kappa shape index (κ3) is 4.76. The molecule has 4 nitrogen and oxygen atoms in total. The summed E-state index contributed by atoms with van der Waals surface area (Å²) in [7, 11) is 0. The van der Waals surface area contributed by atoms with Crippen molar-refractivity contribution < 1.29 is 20.1 Å². The van der Waals surface area contributed by atoms with Crippen molar-refractivity contribution in [3.8, 4) is 11.3 Å². The maximum Gasteiger partial charge on any atom is 3.00 e. The third-order valence-corrected chi connectivity index (χ3v) is 7.57. The van der Waals surface area contributed by atoms with Gasteiger partial charge >= 0.3 is 20.1 Å². The first-order valence-corrected chi connectivity index (χ1v) is 13.7. The van der Waals surface area contributed by atoms with E-state index < -0.39 is 0 Å². The van der Waals surface area contributed by atoms with Crippen LogP contribution in [0.3, 0.4) is 0 Å². The summed E-state index contributed by atoms with van der Waals surface area (Å²) in [6.07, 6.45) is 6.09. The van der Waals surface area contributed by atoms with Crippen LogP contribution in [0.4, 0.5) is 5.69 Å². The SMILES string of the molecule is CC(C)N1C=CN(c2[c-]cc3c4cccc5c6ccccc6n(c3c2)c54)[CH-]1.Cc1ccc(-c2[c-]cccc2)nc1.[Ir+3]. The van der Waals surface area contributed by atoms with Crippen LogP contribution in [0.25, 0.3) is 49.4 Å². The number of fused-ring (bicyclic) bond motifs is 6. The maximum absolute atomic E-state index is 4.32. The zero-order valence-corrected chi connectivity index (χ0v) is 25.6. The van der Waals surface area contributed by atoms with Crippen LogP contribution in [0.15, 0.2) is 110 Å². The average molecular weight is 710 g/mol. The monoisotopic (exact) mass is 710 g/mol. The van der Waals surface area contributed by atoms with E-state index in [2.05, 4.69) is 125 Å². The van der Waals surface area contributed by atoms with Gasteiger partial charge in [0.2, 0.25) is 0 Å². The summed E-state index contributed by atoms with van der Waals surface area (Å²) in [5, 5.41) is 5.19. The van der Waals surface area contributed by atoms with E-state index in [-0.39, 0.29) is 20.1 Å². The molecular formula is C36H29IrN4. The Labute approximate surface area is 254 Å². The van der Waals surface area contributed by atoms with Crippen LogP contribution in [0.2, 0.25) is 0 Å². The van der Waals surface area contributed by atoms with E-state index in [4.69, 9.17) is 0 Å². The number of benzene rings is 4. The molecule has 1 aliphatic rings. The maximum atomic E-state index is 4.32. The number of rotatable bonds is 3. The van der Waals surface area contributed by atoms with Crippen molar-refractivity contribution >= 4 is 43.8 Å². The molecule has 0 N–H and O–H groups in total. The second-order valence-corrected chi connectivity index (χ2v) is 10.5. The van der Waals surface area contributed by atoms with E-state index >= 15 is 0 Å². The van der Waals surface area contributed by atoms with E-state index in [1.54, 1.807) is 0 Å². The number of nitrogens with zero attached hydrogens (tertiary/aromatic N) is 4. The standard InChI is InChI=1S/C24H19N3.C12H10N.Ir/c1-16(2)25-12-13-26(15-25)17-10-11-19-21-8-5-7-20-18-6-3-4-9-22(18)27(24(20)21)23(19)14-17;1-10-7-8-12(13-9-10)11-5-3-2-4-6-11;/h3-9,11-16H,1-2H3;2-5,7-9H,1H3;/q-2;-1;+3. The number of hydrogen-bond acceptors (Lipinski definition) is 3. The summed E-state index contributed by atoms with van der Waals surface area (Å²) < 4.78 is 2.41. The first-order valence-electron chi connectivity index (χ1n) is 13.7. The van der Waals surface area contributed by atoms with Gasteiger partial charge in [-0.1, -0.05) is 54.0 Å². The molecule has 4 heterocycles. The zero-order chi connectivity index (χ0) is 27.2. The van der Waals surface area contributed by atoms with Crippen molar-refractivity contribution in [2.75, 3.05) is 4.90 Å². The van der Waals surface area contributed by atoms with Crippen LogP contribution in [-0.4, -0.2) is 20.3 Å². The van der Waals surface area contributed by atoms with Crippen LogP contribution >= 0.6 is 0 Å². The summed E-state index contributed by atoms with van der Waals surface area (Å²) in [6.45, 7) is 8.55. The van der Waals surface area contributed by atoms with Crippen LogP contribution in [0, 0.1) is 25.7 Å². The second kappa shape index (κ2) is 11.0. The molecule has 0 atom stereocenters. The Morgan fingerprint density at radius 1 is 0.780 bits per heavy atom. The van der Waals surface area contributed by atoms with Gasteiger partial charge < -0.3 is 19.2 Å². The van der Waals surface area contributed by atoms with Gasteiger partial charge in [0.1, 0.15) is 0 Å². The molecule has 202 valence electrons. The second-order valence-electron chi connectivity index (χ2n) is 10.5. The van der Waals surface area contributed by atoms with Gasteiger partial charge in [-0.25, -0.2) is 0 Å². The Morgan fingerprint density at radius 2 is 1.56 bits per heavy atom. The molecule has 0 saturated heterocycles. The first-order chi connectivity index (χ1) is 19.6. The Morgan fingerprint density at radius 3 is 2.29 bits per heavy atom. The minimum atomic E-state index is 0. The molecule has 7 aromatic rings. The molecule has 0 aliphatic carbocycles. The molecular weight excluding hydrogens is 681 g/mol. The van der Waals surface area contributed by atoms with Crippen molar-refractivity contribution in [3.63, 3.8) is 0 Å². The van der Waals surface area contributed by atoms with Gasteiger partial charge in [0.15, 0.2) is 0 Å². The van der Waals surface area contributed by atoms with Gasteiger partial charge in [-0.3, -0.25) is 0 Å². The smallest absolute Gasteiger partial charge is 0.506 e. The minimum absolute atomic E-state index is 0. The molecule has 0 saturated carbocycles. The number of aromatic nitrogens is 2. The minimum Gasteiger partial charge on any atom is -0.506 e. The summed E-state index contributed by atoms with van der Waals surface area (Å²) in [5.74, 6) is 0. The Balaban J connectivity index is 0.000000183. The molecule has 0 amide bonds. The van der Waals surface area contributed by atoms with Crippen molar-refractivity contribution in [2.24, 2.45) is 0 Å². The van der Waals surface area contributed by atoms with Crippen molar-refractivity contribution in [1.82, 2.24) is 14.3 Å². The number of hydrogen-bond donors (Lipinski definition) is 0. The molecule has 3 aromatic heterocycles. The molecule has 4 aromatic carbocycles.